The van der Waals surface area contributed by atoms with Crippen LogP contribution in [0.2, 0.25) is 0 Å². The summed E-state index contributed by atoms with van der Waals surface area (Å²) in [5.74, 6) is -0.601. The zero-order chi connectivity index (χ0) is 18.1. The lowest BCUT2D eigenvalue weighted by atomic mass is 10.2. The second-order valence-electron chi connectivity index (χ2n) is 5.75. The molecule has 3 rings (SSSR count). The Hall–Kier alpha value is -2.87. The molecular formula is C17H18N4O3S. The maximum Gasteiger partial charge on any atom is 0.328 e. The molecule has 2 heterocycles. The quantitative estimate of drug-likeness (QED) is 0.743. The van der Waals surface area contributed by atoms with Crippen LogP contribution in [0, 0.1) is 6.92 Å². The molecule has 0 saturated heterocycles. The van der Waals surface area contributed by atoms with E-state index in [-0.39, 0.29) is 24.0 Å². The van der Waals surface area contributed by atoms with Crippen LogP contribution in [-0.2, 0) is 18.9 Å². The Balaban J connectivity index is 1.67. The molecule has 0 aliphatic carbocycles. The molecule has 0 radical (unpaired) electrons. The minimum absolute atomic E-state index is 0.123. The molecule has 0 fully saturated rings. The van der Waals surface area contributed by atoms with E-state index >= 15 is 0 Å². The second kappa shape index (κ2) is 6.56. The topological polar surface area (TPSA) is 85.1 Å². The largest absolute Gasteiger partial charge is 0.342 e. The molecule has 8 heteroatoms. The summed E-state index contributed by atoms with van der Waals surface area (Å²) in [5, 5.41) is 5.32. The second-order valence-corrected chi connectivity index (χ2v) is 7.03. The molecule has 1 aromatic carbocycles. The van der Waals surface area contributed by atoms with Gasteiger partial charge in [-0.15, -0.1) is 11.3 Å². The summed E-state index contributed by atoms with van der Waals surface area (Å²) < 4.78 is 3.07. The molecule has 0 aliphatic rings. The van der Waals surface area contributed by atoms with Crippen LogP contribution in [0.3, 0.4) is 0 Å². The van der Waals surface area contributed by atoms with Crippen LogP contribution in [0.15, 0.2) is 35.1 Å². The first kappa shape index (κ1) is 17.0. The average molecular weight is 358 g/mol. The lowest BCUT2D eigenvalue weighted by Crippen LogP contribution is -2.32. The smallest absolute Gasteiger partial charge is 0.328 e. The van der Waals surface area contributed by atoms with Gasteiger partial charge in [0.05, 0.1) is 22.5 Å². The maximum absolute atomic E-state index is 12.1. The first-order chi connectivity index (χ1) is 11.9. The molecule has 0 bridgehead atoms. The van der Waals surface area contributed by atoms with Crippen LogP contribution in [-0.4, -0.2) is 27.5 Å². The fraction of sp³-hybridized carbons (Fsp3) is 0.235. The molecule has 0 atom stereocenters. The van der Waals surface area contributed by atoms with Gasteiger partial charge in [0.15, 0.2) is 0 Å². The van der Waals surface area contributed by atoms with Gasteiger partial charge in [-0.1, -0.05) is 0 Å². The molecule has 2 aromatic heterocycles. The van der Waals surface area contributed by atoms with E-state index in [1.807, 2.05) is 13.0 Å². The third-order valence-electron chi connectivity index (χ3n) is 3.93. The highest BCUT2D eigenvalue weighted by molar-refractivity contribution is 7.13. The Bertz CT molecular complexity index is 1030. The van der Waals surface area contributed by atoms with E-state index < -0.39 is 0 Å². The molecule has 25 heavy (non-hydrogen) atoms. The molecular weight excluding hydrogens is 340 g/mol. The van der Waals surface area contributed by atoms with Gasteiger partial charge < -0.3 is 10.6 Å². The Morgan fingerprint density at radius 3 is 2.48 bits per heavy atom. The monoisotopic (exact) mass is 358 g/mol. The summed E-state index contributed by atoms with van der Waals surface area (Å²) in [6, 6.07) is 8.83. The first-order valence-corrected chi connectivity index (χ1v) is 8.48. The highest BCUT2D eigenvalue weighted by Crippen LogP contribution is 2.17. The number of rotatable bonds is 4. The number of imidazole rings is 1. The molecule has 7 nitrogen and oxygen atoms in total. The van der Waals surface area contributed by atoms with Crippen molar-refractivity contribution in [3.63, 3.8) is 0 Å². The summed E-state index contributed by atoms with van der Waals surface area (Å²) in [6.07, 6.45) is 0. The summed E-state index contributed by atoms with van der Waals surface area (Å²) in [4.78, 5) is 37.5. The number of nitrogens with one attached hydrogen (secondary N) is 2. The number of anilines is 1. The van der Waals surface area contributed by atoms with Crippen LogP contribution >= 0.6 is 11.3 Å². The third kappa shape index (κ3) is 3.34. The van der Waals surface area contributed by atoms with Crippen LogP contribution in [0.1, 0.15) is 14.5 Å². The van der Waals surface area contributed by atoms with E-state index in [4.69, 9.17) is 0 Å². The lowest BCUT2D eigenvalue weighted by Gasteiger charge is -2.07. The summed E-state index contributed by atoms with van der Waals surface area (Å²) >= 11 is 1.38. The van der Waals surface area contributed by atoms with E-state index in [2.05, 4.69) is 10.6 Å². The SMILES string of the molecule is Cc1ccc(C(=O)NCC(=O)Nc2ccc3c(c2)n(C)c(=O)n3C)s1. The zero-order valence-corrected chi connectivity index (χ0v) is 14.9. The highest BCUT2D eigenvalue weighted by Gasteiger charge is 2.12. The molecule has 0 saturated carbocycles. The van der Waals surface area contributed by atoms with Gasteiger partial charge in [-0.25, -0.2) is 4.79 Å². The number of thiophene rings is 1. The average Bonchev–Trinajstić information content (AvgIpc) is 3.11. The fourth-order valence-electron chi connectivity index (χ4n) is 2.59. The standard InChI is InChI=1S/C17H18N4O3S/c1-10-4-7-14(25-10)16(23)18-9-15(22)19-11-5-6-12-13(8-11)21(3)17(24)20(12)2/h4-8H,9H2,1-3H3,(H,18,23)(H,19,22). The van der Waals surface area contributed by atoms with Crippen LogP contribution in [0.4, 0.5) is 5.69 Å². The fourth-order valence-corrected chi connectivity index (χ4v) is 3.38. The number of aromatic nitrogens is 2. The van der Waals surface area contributed by atoms with Crippen molar-refractivity contribution in [1.29, 1.82) is 0 Å². The molecule has 3 aromatic rings. The number of carbonyl (C=O) groups is 2. The molecule has 0 unspecified atom stereocenters. The van der Waals surface area contributed by atoms with E-state index in [1.54, 1.807) is 42.9 Å². The Kier molecular flexibility index (Phi) is 4.45. The lowest BCUT2D eigenvalue weighted by molar-refractivity contribution is -0.115. The van der Waals surface area contributed by atoms with Gasteiger partial charge in [-0.3, -0.25) is 18.7 Å². The minimum atomic E-state index is -0.332. The molecule has 130 valence electrons. The van der Waals surface area contributed by atoms with Crippen molar-refractivity contribution >= 4 is 39.9 Å². The van der Waals surface area contributed by atoms with Crippen LogP contribution < -0.4 is 16.3 Å². The van der Waals surface area contributed by atoms with E-state index in [9.17, 15) is 14.4 Å². The predicted molar refractivity (Wildman–Crippen MR) is 98.2 cm³/mol. The van der Waals surface area contributed by atoms with Crippen molar-refractivity contribution in [2.24, 2.45) is 14.1 Å². The number of carbonyl (C=O) groups excluding carboxylic acids is 2. The predicted octanol–water partition coefficient (Wildman–Crippen LogP) is 1.62. The van der Waals surface area contributed by atoms with E-state index in [0.29, 0.717) is 10.6 Å². The molecule has 0 spiro atoms. The Morgan fingerprint density at radius 2 is 1.80 bits per heavy atom. The third-order valence-corrected chi connectivity index (χ3v) is 4.93. The van der Waals surface area contributed by atoms with Crippen molar-refractivity contribution in [2.75, 3.05) is 11.9 Å². The van der Waals surface area contributed by atoms with Crippen molar-refractivity contribution in [3.8, 4) is 0 Å². The van der Waals surface area contributed by atoms with Gasteiger partial charge in [0, 0.05) is 24.7 Å². The molecule has 2 amide bonds. The van der Waals surface area contributed by atoms with Gasteiger partial charge in [-0.2, -0.15) is 0 Å². The highest BCUT2D eigenvalue weighted by atomic mass is 32.1. The minimum Gasteiger partial charge on any atom is -0.342 e. The Labute approximate surface area is 147 Å². The molecule has 2 N–H and O–H groups in total. The van der Waals surface area contributed by atoms with Crippen molar-refractivity contribution < 1.29 is 9.59 Å². The van der Waals surface area contributed by atoms with Crippen molar-refractivity contribution in [1.82, 2.24) is 14.5 Å². The normalized spacial score (nSPS) is 10.8. The van der Waals surface area contributed by atoms with Gasteiger partial charge in [0.2, 0.25) is 5.91 Å². The zero-order valence-electron chi connectivity index (χ0n) is 14.1. The van der Waals surface area contributed by atoms with Crippen LogP contribution in [0.5, 0.6) is 0 Å². The summed E-state index contributed by atoms with van der Waals surface area (Å²) in [7, 11) is 3.38. The number of benzene rings is 1. The Morgan fingerprint density at radius 1 is 1.08 bits per heavy atom. The number of hydrogen-bond acceptors (Lipinski definition) is 4. The maximum atomic E-state index is 12.1. The van der Waals surface area contributed by atoms with Gasteiger partial charge >= 0.3 is 5.69 Å². The first-order valence-electron chi connectivity index (χ1n) is 7.67. The van der Waals surface area contributed by atoms with Gasteiger partial charge in [0.1, 0.15) is 0 Å². The number of nitrogens with zero attached hydrogens (tertiary/aromatic N) is 2. The summed E-state index contributed by atoms with van der Waals surface area (Å²) in [6.45, 7) is 1.79. The number of hydrogen-bond donors (Lipinski definition) is 2. The number of fused-ring (bicyclic) bond motifs is 1. The van der Waals surface area contributed by atoms with Crippen LogP contribution in [0.25, 0.3) is 11.0 Å². The van der Waals surface area contributed by atoms with E-state index in [0.717, 1.165) is 15.9 Å². The van der Waals surface area contributed by atoms with Crippen molar-refractivity contribution in [3.05, 3.63) is 50.6 Å². The number of amides is 2. The molecule has 0 aliphatic heterocycles. The van der Waals surface area contributed by atoms with Gasteiger partial charge in [0.25, 0.3) is 5.91 Å². The number of aryl methyl sites for hydroxylation is 3. The van der Waals surface area contributed by atoms with Gasteiger partial charge in [-0.05, 0) is 37.3 Å². The summed E-state index contributed by atoms with van der Waals surface area (Å²) in [5.41, 5.74) is 1.95. The van der Waals surface area contributed by atoms with Crippen molar-refractivity contribution in [2.45, 2.75) is 6.92 Å². The van der Waals surface area contributed by atoms with E-state index in [1.165, 1.54) is 15.9 Å².